The molecule has 0 unspecified atom stereocenters. The van der Waals surface area contributed by atoms with E-state index < -0.39 is 11.7 Å². The summed E-state index contributed by atoms with van der Waals surface area (Å²) in [5.41, 5.74) is 1.08. The molecular formula is C14H20F3N. The smallest absolute Gasteiger partial charge is 0.371 e. The molecule has 0 aromatic heterocycles. The fraction of sp³-hybridized carbons (Fsp3) is 0.571. The first kappa shape index (κ1) is 14.9. The summed E-state index contributed by atoms with van der Waals surface area (Å²) in [6.07, 6.45) is -1.99. The number of benzene rings is 1. The number of aryl methyl sites for hydroxylation is 1. The molecule has 1 fully saturated rings. The summed E-state index contributed by atoms with van der Waals surface area (Å²) in [6, 6.07) is 3.98. The Kier molecular flexibility index (Phi) is 5.05. The standard InChI is InChI=1S/C12H14F3N.C2H6/c1-9-8-10(12(13,14)15)4-5-11(9)16-6-2-3-7-16;1-2/h4-5,8H,2-3,6-7H2,1H3;1-2H3. The molecule has 0 amide bonds. The SMILES string of the molecule is CC.Cc1cc(C(F)(F)F)ccc1N1CCCC1. The van der Waals surface area contributed by atoms with E-state index in [0.29, 0.717) is 5.56 Å². The summed E-state index contributed by atoms with van der Waals surface area (Å²) in [5.74, 6) is 0. The van der Waals surface area contributed by atoms with Gasteiger partial charge in [0, 0.05) is 18.8 Å². The van der Waals surface area contributed by atoms with Gasteiger partial charge in [-0.25, -0.2) is 0 Å². The molecule has 0 atom stereocenters. The van der Waals surface area contributed by atoms with Gasteiger partial charge in [-0.3, -0.25) is 0 Å². The van der Waals surface area contributed by atoms with Crippen molar-refractivity contribution in [1.29, 1.82) is 0 Å². The van der Waals surface area contributed by atoms with E-state index in [1.807, 2.05) is 13.8 Å². The van der Waals surface area contributed by atoms with Crippen LogP contribution in [0.1, 0.15) is 37.8 Å². The van der Waals surface area contributed by atoms with E-state index in [-0.39, 0.29) is 0 Å². The molecule has 1 aliphatic rings. The molecular weight excluding hydrogens is 239 g/mol. The highest BCUT2D eigenvalue weighted by Gasteiger charge is 2.31. The molecule has 0 bridgehead atoms. The number of anilines is 1. The zero-order valence-corrected chi connectivity index (χ0v) is 11.1. The van der Waals surface area contributed by atoms with Gasteiger partial charge in [-0.1, -0.05) is 13.8 Å². The molecule has 2 rings (SSSR count). The Morgan fingerprint density at radius 2 is 1.61 bits per heavy atom. The van der Waals surface area contributed by atoms with Gasteiger partial charge in [0.1, 0.15) is 0 Å². The number of rotatable bonds is 1. The lowest BCUT2D eigenvalue weighted by atomic mass is 10.1. The van der Waals surface area contributed by atoms with E-state index in [0.717, 1.165) is 31.6 Å². The van der Waals surface area contributed by atoms with Crippen LogP contribution in [0.15, 0.2) is 18.2 Å². The summed E-state index contributed by atoms with van der Waals surface area (Å²) >= 11 is 0. The van der Waals surface area contributed by atoms with Gasteiger partial charge in [0.25, 0.3) is 0 Å². The Morgan fingerprint density at radius 3 is 2.06 bits per heavy atom. The van der Waals surface area contributed by atoms with Crippen LogP contribution in [0.2, 0.25) is 0 Å². The Morgan fingerprint density at radius 1 is 1.06 bits per heavy atom. The van der Waals surface area contributed by atoms with Crippen molar-refractivity contribution >= 4 is 5.69 Å². The minimum Gasteiger partial charge on any atom is -0.371 e. The van der Waals surface area contributed by atoms with Crippen molar-refractivity contribution in [3.8, 4) is 0 Å². The molecule has 0 radical (unpaired) electrons. The molecule has 0 spiro atoms. The first-order valence-corrected chi connectivity index (χ1v) is 6.41. The zero-order valence-electron chi connectivity index (χ0n) is 11.1. The third kappa shape index (κ3) is 3.40. The van der Waals surface area contributed by atoms with Crippen LogP contribution in [0.25, 0.3) is 0 Å². The van der Waals surface area contributed by atoms with Crippen molar-refractivity contribution in [3.63, 3.8) is 0 Å². The van der Waals surface area contributed by atoms with Gasteiger partial charge in [0.05, 0.1) is 5.56 Å². The molecule has 0 aliphatic carbocycles. The number of hydrogen-bond acceptors (Lipinski definition) is 1. The largest absolute Gasteiger partial charge is 0.416 e. The number of halogens is 3. The molecule has 1 nitrogen and oxygen atoms in total. The maximum absolute atomic E-state index is 12.5. The van der Waals surface area contributed by atoms with Gasteiger partial charge < -0.3 is 4.90 Å². The lowest BCUT2D eigenvalue weighted by Gasteiger charge is -2.21. The summed E-state index contributed by atoms with van der Waals surface area (Å²) in [7, 11) is 0. The van der Waals surface area contributed by atoms with Crippen LogP contribution in [0, 0.1) is 6.92 Å². The maximum Gasteiger partial charge on any atom is 0.416 e. The molecule has 0 N–H and O–H groups in total. The van der Waals surface area contributed by atoms with Gasteiger partial charge in [-0.15, -0.1) is 0 Å². The van der Waals surface area contributed by atoms with Crippen molar-refractivity contribution in [2.75, 3.05) is 18.0 Å². The van der Waals surface area contributed by atoms with E-state index in [2.05, 4.69) is 4.90 Å². The first-order chi connectivity index (χ1) is 8.48. The topological polar surface area (TPSA) is 3.24 Å². The summed E-state index contributed by atoms with van der Waals surface area (Å²) in [6.45, 7) is 7.64. The molecule has 1 aliphatic heterocycles. The van der Waals surface area contributed by atoms with Gasteiger partial charge in [0.15, 0.2) is 0 Å². The highest BCUT2D eigenvalue weighted by Crippen LogP contribution is 2.33. The van der Waals surface area contributed by atoms with Crippen LogP contribution in [-0.2, 0) is 6.18 Å². The van der Waals surface area contributed by atoms with Gasteiger partial charge in [-0.05, 0) is 43.5 Å². The van der Waals surface area contributed by atoms with Gasteiger partial charge in [-0.2, -0.15) is 13.2 Å². The van der Waals surface area contributed by atoms with Crippen molar-refractivity contribution in [2.45, 2.75) is 39.8 Å². The van der Waals surface area contributed by atoms with Crippen LogP contribution >= 0.6 is 0 Å². The van der Waals surface area contributed by atoms with E-state index in [9.17, 15) is 13.2 Å². The monoisotopic (exact) mass is 259 g/mol. The molecule has 1 aromatic rings. The second-order valence-electron chi connectivity index (χ2n) is 4.19. The lowest BCUT2D eigenvalue weighted by molar-refractivity contribution is -0.137. The molecule has 18 heavy (non-hydrogen) atoms. The number of nitrogens with zero attached hydrogens (tertiary/aromatic N) is 1. The average Bonchev–Trinajstić information content (AvgIpc) is 2.84. The Labute approximate surface area is 107 Å². The molecule has 0 saturated carbocycles. The molecule has 1 aromatic carbocycles. The quantitative estimate of drug-likeness (QED) is 0.710. The fourth-order valence-corrected chi connectivity index (χ4v) is 2.14. The lowest BCUT2D eigenvalue weighted by Crippen LogP contribution is -2.19. The second-order valence-corrected chi connectivity index (χ2v) is 4.19. The van der Waals surface area contributed by atoms with Crippen LogP contribution in [0.5, 0.6) is 0 Å². The van der Waals surface area contributed by atoms with E-state index >= 15 is 0 Å². The predicted octanol–water partition coefficient (Wildman–Crippen LogP) is 4.64. The maximum atomic E-state index is 12.5. The second kappa shape index (κ2) is 6.12. The Hall–Kier alpha value is -1.19. The third-order valence-corrected chi connectivity index (χ3v) is 2.97. The van der Waals surface area contributed by atoms with Gasteiger partial charge in [0.2, 0.25) is 0 Å². The summed E-state index contributed by atoms with van der Waals surface area (Å²) < 4.78 is 37.4. The van der Waals surface area contributed by atoms with Gasteiger partial charge >= 0.3 is 6.18 Å². The van der Waals surface area contributed by atoms with Crippen LogP contribution in [0.4, 0.5) is 18.9 Å². The van der Waals surface area contributed by atoms with Crippen molar-refractivity contribution < 1.29 is 13.2 Å². The van der Waals surface area contributed by atoms with Crippen LogP contribution in [-0.4, -0.2) is 13.1 Å². The third-order valence-electron chi connectivity index (χ3n) is 2.97. The van der Waals surface area contributed by atoms with Crippen LogP contribution in [0.3, 0.4) is 0 Å². The predicted molar refractivity (Wildman–Crippen MR) is 69.0 cm³/mol. The highest BCUT2D eigenvalue weighted by molar-refractivity contribution is 5.55. The normalized spacial score (nSPS) is 15.3. The van der Waals surface area contributed by atoms with E-state index in [4.69, 9.17) is 0 Å². The van der Waals surface area contributed by atoms with Crippen molar-refractivity contribution in [2.24, 2.45) is 0 Å². The van der Waals surface area contributed by atoms with E-state index in [1.54, 1.807) is 13.0 Å². The Bertz CT molecular complexity index is 379. The average molecular weight is 259 g/mol. The summed E-state index contributed by atoms with van der Waals surface area (Å²) in [4.78, 5) is 2.15. The molecule has 4 heteroatoms. The Balaban J connectivity index is 0.000000771. The van der Waals surface area contributed by atoms with Crippen molar-refractivity contribution in [1.82, 2.24) is 0 Å². The first-order valence-electron chi connectivity index (χ1n) is 6.41. The fourth-order valence-electron chi connectivity index (χ4n) is 2.14. The van der Waals surface area contributed by atoms with E-state index in [1.165, 1.54) is 12.1 Å². The van der Waals surface area contributed by atoms with Crippen molar-refractivity contribution in [3.05, 3.63) is 29.3 Å². The molecule has 1 heterocycles. The highest BCUT2D eigenvalue weighted by atomic mass is 19.4. The minimum absolute atomic E-state index is 0.562. The molecule has 102 valence electrons. The zero-order chi connectivity index (χ0) is 13.8. The van der Waals surface area contributed by atoms with Crippen LogP contribution < -0.4 is 4.90 Å². The summed E-state index contributed by atoms with van der Waals surface area (Å²) in [5, 5.41) is 0. The minimum atomic E-state index is -4.24. The number of hydrogen-bond donors (Lipinski definition) is 0. The number of alkyl halides is 3. The molecule has 1 saturated heterocycles.